The first-order valence-corrected chi connectivity index (χ1v) is 10.3. The summed E-state index contributed by atoms with van der Waals surface area (Å²) >= 11 is 1.72. The van der Waals surface area contributed by atoms with Gasteiger partial charge in [0.15, 0.2) is 5.50 Å². The molecular formula is C17H28N4OS. The number of hydrogen-bond donors (Lipinski definition) is 1. The van der Waals surface area contributed by atoms with Crippen molar-refractivity contribution in [2.45, 2.75) is 50.1 Å². The fraction of sp³-hybridized carbons (Fsp3) is 0.824. The van der Waals surface area contributed by atoms with E-state index in [1.165, 1.54) is 37.9 Å². The topological polar surface area (TPSA) is 50.7 Å². The second kappa shape index (κ2) is 6.30. The van der Waals surface area contributed by atoms with E-state index in [0.717, 1.165) is 31.6 Å². The van der Waals surface area contributed by atoms with Crippen LogP contribution in [0.3, 0.4) is 0 Å². The summed E-state index contributed by atoms with van der Waals surface area (Å²) in [6.45, 7) is 3.23. The van der Waals surface area contributed by atoms with Gasteiger partial charge in [-0.1, -0.05) is 12.8 Å². The summed E-state index contributed by atoms with van der Waals surface area (Å²) in [7, 11) is 0. The third-order valence-electron chi connectivity index (χ3n) is 5.89. The van der Waals surface area contributed by atoms with Gasteiger partial charge in [0.25, 0.3) is 0 Å². The molecule has 0 aromatic rings. The van der Waals surface area contributed by atoms with Crippen molar-refractivity contribution in [3.05, 3.63) is 16.6 Å². The molecule has 2 unspecified atom stereocenters. The molecule has 1 N–H and O–H groups in total. The van der Waals surface area contributed by atoms with Crippen LogP contribution in [0, 0.1) is 11.1 Å². The Balaban J connectivity index is 1.60. The lowest BCUT2D eigenvalue weighted by Crippen LogP contribution is -2.51. The predicted octanol–water partition coefficient (Wildman–Crippen LogP) is 2.50. The number of quaternary nitrogens is 1. The molecule has 128 valence electrons. The first-order chi connectivity index (χ1) is 11.2. The summed E-state index contributed by atoms with van der Waals surface area (Å²) in [5, 5.41) is 17.2. The van der Waals surface area contributed by atoms with E-state index >= 15 is 0 Å². The predicted molar refractivity (Wildman–Crippen MR) is 95.9 cm³/mol. The molecule has 23 heavy (non-hydrogen) atoms. The van der Waals surface area contributed by atoms with Gasteiger partial charge in [0, 0.05) is 18.7 Å². The van der Waals surface area contributed by atoms with Crippen LogP contribution in [0.4, 0.5) is 0 Å². The minimum Gasteiger partial charge on any atom is -0.632 e. The van der Waals surface area contributed by atoms with Crippen LogP contribution in [0.1, 0.15) is 38.5 Å². The Bertz CT molecular complexity index is 517. The van der Waals surface area contributed by atoms with Crippen molar-refractivity contribution in [1.29, 1.82) is 0 Å². The van der Waals surface area contributed by atoms with Crippen LogP contribution in [0.5, 0.6) is 0 Å². The van der Waals surface area contributed by atoms with E-state index in [2.05, 4.69) is 21.5 Å². The zero-order valence-corrected chi connectivity index (χ0v) is 14.9. The van der Waals surface area contributed by atoms with Gasteiger partial charge in [0.2, 0.25) is 0 Å². The lowest BCUT2D eigenvalue weighted by molar-refractivity contribution is -0.880. The van der Waals surface area contributed by atoms with Crippen molar-refractivity contribution in [3.8, 4) is 0 Å². The van der Waals surface area contributed by atoms with Gasteiger partial charge in [-0.2, -0.15) is 0 Å². The lowest BCUT2D eigenvalue weighted by atomic mass is 10.1. The molecule has 1 aliphatic carbocycles. The Morgan fingerprint density at radius 1 is 1.35 bits per heavy atom. The van der Waals surface area contributed by atoms with E-state index < -0.39 is 0 Å². The molecule has 1 saturated heterocycles. The lowest BCUT2D eigenvalue weighted by Gasteiger charge is -2.45. The molecule has 4 aliphatic rings. The first-order valence-electron chi connectivity index (χ1n) is 9.06. The van der Waals surface area contributed by atoms with Crippen molar-refractivity contribution in [3.63, 3.8) is 0 Å². The summed E-state index contributed by atoms with van der Waals surface area (Å²) in [4.78, 5) is 7.05. The molecule has 5 nitrogen and oxygen atoms in total. The van der Waals surface area contributed by atoms with E-state index in [4.69, 9.17) is 0 Å². The fourth-order valence-electron chi connectivity index (χ4n) is 4.85. The van der Waals surface area contributed by atoms with Gasteiger partial charge in [-0.25, -0.2) is 0 Å². The smallest absolute Gasteiger partial charge is 0.167 e. The van der Waals surface area contributed by atoms with Crippen LogP contribution in [-0.4, -0.2) is 59.7 Å². The summed E-state index contributed by atoms with van der Waals surface area (Å²) in [5.74, 6) is 1.83. The maximum Gasteiger partial charge on any atom is 0.167 e. The van der Waals surface area contributed by atoms with Gasteiger partial charge in [0.1, 0.15) is 12.4 Å². The SMILES string of the molecule is CS[C@H]1N=CC2=C(N1)N1CCCC1C[N+]([O-])(CC1CCCC1)C2. The van der Waals surface area contributed by atoms with Gasteiger partial charge in [-0.15, -0.1) is 11.8 Å². The largest absolute Gasteiger partial charge is 0.632 e. The van der Waals surface area contributed by atoms with Gasteiger partial charge in [-0.3, -0.25) is 4.99 Å². The zero-order valence-electron chi connectivity index (χ0n) is 14.0. The summed E-state index contributed by atoms with van der Waals surface area (Å²) in [6, 6.07) is 0.405. The highest BCUT2D eigenvalue weighted by Crippen LogP contribution is 2.34. The maximum atomic E-state index is 13.6. The van der Waals surface area contributed by atoms with Crippen LogP contribution in [0.15, 0.2) is 16.4 Å². The van der Waals surface area contributed by atoms with Crippen LogP contribution < -0.4 is 5.32 Å². The fourth-order valence-corrected chi connectivity index (χ4v) is 5.26. The molecule has 3 atom stereocenters. The average Bonchev–Trinajstić information content (AvgIpc) is 3.17. The van der Waals surface area contributed by atoms with Gasteiger partial charge in [0.05, 0.1) is 24.7 Å². The Labute approximate surface area is 143 Å². The number of rotatable bonds is 3. The van der Waals surface area contributed by atoms with Crippen molar-refractivity contribution in [2.24, 2.45) is 10.9 Å². The Morgan fingerprint density at radius 3 is 2.96 bits per heavy atom. The van der Waals surface area contributed by atoms with E-state index in [-0.39, 0.29) is 10.1 Å². The summed E-state index contributed by atoms with van der Waals surface area (Å²) in [5.41, 5.74) is 1.23. The van der Waals surface area contributed by atoms with Crippen LogP contribution in [0.2, 0.25) is 0 Å². The zero-order chi connectivity index (χ0) is 15.9. The maximum absolute atomic E-state index is 13.6. The molecule has 4 rings (SSSR count). The van der Waals surface area contributed by atoms with Gasteiger partial charge < -0.3 is 20.1 Å². The van der Waals surface area contributed by atoms with Crippen LogP contribution in [-0.2, 0) is 0 Å². The highest BCUT2D eigenvalue weighted by Gasteiger charge is 2.40. The van der Waals surface area contributed by atoms with Crippen LogP contribution >= 0.6 is 11.8 Å². The number of hydroxylamine groups is 3. The normalized spacial score (nSPS) is 37.6. The van der Waals surface area contributed by atoms with Crippen molar-refractivity contribution >= 4 is 18.0 Å². The molecule has 0 radical (unpaired) electrons. The highest BCUT2D eigenvalue weighted by atomic mass is 32.2. The number of fused-ring (bicyclic) bond motifs is 2. The van der Waals surface area contributed by atoms with E-state index in [9.17, 15) is 5.21 Å². The third-order valence-corrected chi connectivity index (χ3v) is 6.57. The second-order valence-electron chi connectivity index (χ2n) is 7.61. The van der Waals surface area contributed by atoms with E-state index in [1.54, 1.807) is 11.8 Å². The molecule has 0 aromatic heterocycles. The molecule has 2 fully saturated rings. The standard InChI is InChI=1S/C17H28N4OS/c1-23-17-18-9-14-11-21(22,10-13-5-2-3-6-13)12-15-7-4-8-20(15)16(14)19-17/h9,13,15,17,19H,2-8,10-12H2,1H3/t15?,17-,21?/m0/s1. The van der Waals surface area contributed by atoms with Crippen molar-refractivity contribution in [2.75, 3.05) is 32.4 Å². The number of nitrogens with zero attached hydrogens (tertiary/aromatic N) is 3. The van der Waals surface area contributed by atoms with E-state index in [1.807, 2.05) is 6.21 Å². The second-order valence-corrected chi connectivity index (χ2v) is 8.52. The Morgan fingerprint density at radius 2 is 2.17 bits per heavy atom. The minimum atomic E-state index is -0.0394. The summed E-state index contributed by atoms with van der Waals surface area (Å²) in [6.07, 6.45) is 11.5. The third kappa shape index (κ3) is 3.13. The molecule has 3 aliphatic heterocycles. The molecule has 0 aromatic carbocycles. The molecular weight excluding hydrogens is 308 g/mol. The number of hydrogen-bond acceptors (Lipinski definition) is 5. The average molecular weight is 337 g/mol. The Kier molecular flexibility index (Phi) is 4.32. The minimum absolute atomic E-state index is 0.0394. The van der Waals surface area contributed by atoms with Gasteiger partial charge >= 0.3 is 0 Å². The molecule has 6 heteroatoms. The number of aliphatic imine (C=N–C) groups is 1. The highest BCUT2D eigenvalue weighted by molar-refractivity contribution is 7.99. The quantitative estimate of drug-likeness (QED) is 0.635. The number of thioether (sulfide) groups is 1. The summed E-state index contributed by atoms with van der Waals surface area (Å²) < 4.78 is -0.0394. The molecule has 0 spiro atoms. The Hall–Kier alpha value is -0.720. The van der Waals surface area contributed by atoms with Crippen LogP contribution in [0.25, 0.3) is 0 Å². The van der Waals surface area contributed by atoms with Crippen molar-refractivity contribution < 1.29 is 4.65 Å². The number of nitrogens with one attached hydrogen (secondary N) is 1. The van der Waals surface area contributed by atoms with Gasteiger partial charge in [-0.05, 0) is 31.9 Å². The van der Waals surface area contributed by atoms with E-state index in [0.29, 0.717) is 18.5 Å². The monoisotopic (exact) mass is 336 g/mol. The van der Waals surface area contributed by atoms with Crippen molar-refractivity contribution in [1.82, 2.24) is 10.2 Å². The first kappa shape index (κ1) is 15.8. The molecule has 0 amide bonds. The molecule has 1 saturated carbocycles. The molecule has 0 bridgehead atoms. The molecule has 3 heterocycles.